The monoisotopic (exact) mass is 401 g/mol. The number of para-hydroxylation sites is 2. The van der Waals surface area contributed by atoms with Crippen LogP contribution in [0.3, 0.4) is 0 Å². The van der Waals surface area contributed by atoms with Crippen molar-refractivity contribution in [1.82, 2.24) is 15.5 Å². The number of amides is 1. The Balaban J connectivity index is 1.60. The van der Waals surface area contributed by atoms with Gasteiger partial charge in [-0.3, -0.25) is 4.79 Å². The molecule has 1 amide bonds. The summed E-state index contributed by atoms with van der Waals surface area (Å²) in [5.41, 5.74) is 0.775. The molecule has 0 saturated heterocycles. The van der Waals surface area contributed by atoms with Gasteiger partial charge in [0, 0.05) is 10.6 Å². The normalized spacial score (nSPS) is 11.7. The van der Waals surface area contributed by atoms with Gasteiger partial charge in [-0.1, -0.05) is 35.8 Å². The number of hydrogen-bond donors (Lipinski definition) is 1. The molecule has 7 nitrogen and oxygen atoms in total. The standard InChI is InChI=1S/C20H20ClN3O4/c1-3-15(27-17-7-5-4-6-16(17)26-2)20(25)22-12-18-23-19(24-28-18)13-8-10-14(21)11-9-13/h4-11,15H,3,12H2,1-2H3,(H,22,25). The van der Waals surface area contributed by atoms with Crippen LogP contribution in [0.2, 0.25) is 5.02 Å². The zero-order chi connectivity index (χ0) is 19.9. The lowest BCUT2D eigenvalue weighted by atomic mass is 10.2. The molecule has 146 valence electrons. The van der Waals surface area contributed by atoms with E-state index in [4.69, 9.17) is 25.6 Å². The van der Waals surface area contributed by atoms with Crippen LogP contribution in [-0.2, 0) is 11.3 Å². The first-order valence-corrected chi connectivity index (χ1v) is 9.14. The minimum atomic E-state index is -0.671. The Morgan fingerprint density at radius 1 is 1.18 bits per heavy atom. The molecule has 1 heterocycles. The Hall–Kier alpha value is -3.06. The van der Waals surface area contributed by atoms with Gasteiger partial charge >= 0.3 is 0 Å². The Kier molecular flexibility index (Phi) is 6.49. The van der Waals surface area contributed by atoms with E-state index in [2.05, 4.69) is 15.5 Å². The molecule has 0 aliphatic carbocycles. The van der Waals surface area contributed by atoms with E-state index in [1.165, 1.54) is 0 Å². The van der Waals surface area contributed by atoms with Crippen LogP contribution in [0.5, 0.6) is 11.5 Å². The number of halogens is 1. The van der Waals surface area contributed by atoms with Gasteiger partial charge in [0.1, 0.15) is 0 Å². The number of carbonyl (C=O) groups is 1. The van der Waals surface area contributed by atoms with Crippen LogP contribution in [0.25, 0.3) is 11.4 Å². The van der Waals surface area contributed by atoms with E-state index in [9.17, 15) is 4.79 Å². The van der Waals surface area contributed by atoms with E-state index < -0.39 is 6.10 Å². The van der Waals surface area contributed by atoms with Gasteiger partial charge in [-0.15, -0.1) is 0 Å². The van der Waals surface area contributed by atoms with Crippen molar-refractivity contribution in [2.45, 2.75) is 26.0 Å². The Labute approximate surface area is 167 Å². The third-order valence-electron chi connectivity index (χ3n) is 3.99. The highest BCUT2D eigenvalue weighted by Crippen LogP contribution is 2.27. The second-order valence-corrected chi connectivity index (χ2v) is 6.34. The second kappa shape index (κ2) is 9.23. The largest absolute Gasteiger partial charge is 0.493 e. The fourth-order valence-electron chi connectivity index (χ4n) is 2.51. The van der Waals surface area contributed by atoms with Crippen LogP contribution in [0.4, 0.5) is 0 Å². The molecule has 1 N–H and O–H groups in total. The van der Waals surface area contributed by atoms with Gasteiger partial charge in [-0.25, -0.2) is 0 Å². The van der Waals surface area contributed by atoms with Crippen LogP contribution < -0.4 is 14.8 Å². The average Bonchev–Trinajstić information content (AvgIpc) is 3.20. The molecule has 2 aromatic carbocycles. The summed E-state index contributed by atoms with van der Waals surface area (Å²) in [5.74, 6) is 1.52. The lowest BCUT2D eigenvalue weighted by molar-refractivity contribution is -0.128. The molecule has 3 aromatic rings. The number of nitrogens with one attached hydrogen (secondary N) is 1. The number of ether oxygens (including phenoxy) is 2. The summed E-state index contributed by atoms with van der Waals surface area (Å²) in [6.45, 7) is 1.97. The molecule has 0 fully saturated rings. The number of nitrogens with zero attached hydrogens (tertiary/aromatic N) is 2. The highest BCUT2D eigenvalue weighted by Gasteiger charge is 2.20. The van der Waals surface area contributed by atoms with E-state index in [-0.39, 0.29) is 12.5 Å². The summed E-state index contributed by atoms with van der Waals surface area (Å²) in [4.78, 5) is 16.8. The molecule has 0 aliphatic heterocycles. The van der Waals surface area contributed by atoms with Crippen LogP contribution in [0, 0.1) is 0 Å². The zero-order valence-electron chi connectivity index (χ0n) is 15.5. The Morgan fingerprint density at radius 3 is 2.57 bits per heavy atom. The van der Waals surface area contributed by atoms with E-state index in [0.717, 1.165) is 5.56 Å². The topological polar surface area (TPSA) is 86.5 Å². The molecule has 0 saturated carbocycles. The number of rotatable bonds is 8. The van der Waals surface area contributed by atoms with Crippen molar-refractivity contribution in [3.63, 3.8) is 0 Å². The van der Waals surface area contributed by atoms with Crippen molar-refractivity contribution < 1.29 is 18.8 Å². The number of methoxy groups -OCH3 is 1. The first kappa shape index (κ1) is 19.7. The Morgan fingerprint density at radius 2 is 1.89 bits per heavy atom. The SMILES string of the molecule is CCC(Oc1ccccc1OC)C(=O)NCc1nc(-c2ccc(Cl)cc2)no1. The van der Waals surface area contributed by atoms with Gasteiger partial charge in [0.2, 0.25) is 11.7 Å². The maximum absolute atomic E-state index is 12.5. The van der Waals surface area contributed by atoms with Crippen molar-refractivity contribution in [2.24, 2.45) is 0 Å². The van der Waals surface area contributed by atoms with E-state index in [1.807, 2.05) is 19.1 Å². The quantitative estimate of drug-likeness (QED) is 0.616. The van der Waals surface area contributed by atoms with Gasteiger partial charge in [-0.2, -0.15) is 4.98 Å². The molecule has 0 aliphatic rings. The summed E-state index contributed by atoms with van der Waals surface area (Å²) in [6.07, 6.45) is -0.182. The minimum Gasteiger partial charge on any atom is -0.493 e. The molecular weight excluding hydrogens is 382 g/mol. The fraction of sp³-hybridized carbons (Fsp3) is 0.250. The highest BCUT2D eigenvalue weighted by atomic mass is 35.5. The van der Waals surface area contributed by atoms with Crippen LogP contribution in [0.1, 0.15) is 19.2 Å². The first-order chi connectivity index (χ1) is 13.6. The zero-order valence-corrected chi connectivity index (χ0v) is 16.3. The molecule has 0 spiro atoms. The maximum Gasteiger partial charge on any atom is 0.261 e. The smallest absolute Gasteiger partial charge is 0.261 e. The predicted octanol–water partition coefficient (Wildman–Crippen LogP) is 3.87. The molecule has 3 rings (SSSR count). The number of aromatic nitrogens is 2. The molecule has 0 bridgehead atoms. The molecule has 1 atom stereocenters. The van der Waals surface area contributed by atoms with Gasteiger partial charge in [0.15, 0.2) is 17.6 Å². The summed E-state index contributed by atoms with van der Waals surface area (Å²) < 4.78 is 16.3. The van der Waals surface area contributed by atoms with Gasteiger partial charge in [-0.05, 0) is 42.8 Å². The van der Waals surface area contributed by atoms with Crippen molar-refractivity contribution in [1.29, 1.82) is 0 Å². The third-order valence-corrected chi connectivity index (χ3v) is 4.24. The summed E-state index contributed by atoms with van der Waals surface area (Å²) in [5, 5.41) is 7.31. The van der Waals surface area contributed by atoms with Crippen molar-refractivity contribution in [3.8, 4) is 22.9 Å². The predicted molar refractivity (Wildman–Crippen MR) is 104 cm³/mol. The van der Waals surface area contributed by atoms with E-state index in [0.29, 0.717) is 34.7 Å². The van der Waals surface area contributed by atoms with E-state index in [1.54, 1.807) is 43.5 Å². The van der Waals surface area contributed by atoms with Crippen LogP contribution >= 0.6 is 11.6 Å². The lowest BCUT2D eigenvalue weighted by Crippen LogP contribution is -2.37. The van der Waals surface area contributed by atoms with Gasteiger partial charge in [0.05, 0.1) is 13.7 Å². The van der Waals surface area contributed by atoms with E-state index >= 15 is 0 Å². The Bertz CT molecular complexity index is 927. The molecule has 8 heteroatoms. The average molecular weight is 402 g/mol. The molecule has 1 unspecified atom stereocenters. The minimum absolute atomic E-state index is 0.102. The lowest BCUT2D eigenvalue weighted by Gasteiger charge is -2.18. The van der Waals surface area contributed by atoms with Crippen molar-refractivity contribution >= 4 is 17.5 Å². The molecule has 1 aromatic heterocycles. The molecular formula is C20H20ClN3O4. The van der Waals surface area contributed by atoms with Gasteiger partial charge < -0.3 is 19.3 Å². The summed E-state index contributed by atoms with van der Waals surface area (Å²) in [7, 11) is 1.55. The van der Waals surface area contributed by atoms with Gasteiger partial charge in [0.25, 0.3) is 5.91 Å². The highest BCUT2D eigenvalue weighted by molar-refractivity contribution is 6.30. The van der Waals surface area contributed by atoms with Crippen LogP contribution in [0.15, 0.2) is 53.1 Å². The number of benzene rings is 2. The van der Waals surface area contributed by atoms with Crippen molar-refractivity contribution in [2.75, 3.05) is 7.11 Å². The number of hydrogen-bond acceptors (Lipinski definition) is 6. The summed E-state index contributed by atoms with van der Waals surface area (Å²) in [6, 6.07) is 14.3. The number of carbonyl (C=O) groups excluding carboxylic acids is 1. The third kappa shape index (κ3) is 4.80. The first-order valence-electron chi connectivity index (χ1n) is 8.76. The van der Waals surface area contributed by atoms with Crippen LogP contribution in [-0.4, -0.2) is 29.3 Å². The summed E-state index contributed by atoms with van der Waals surface area (Å²) >= 11 is 5.88. The fourth-order valence-corrected chi connectivity index (χ4v) is 2.64. The molecule has 28 heavy (non-hydrogen) atoms. The maximum atomic E-state index is 12.5. The second-order valence-electron chi connectivity index (χ2n) is 5.90. The molecule has 0 radical (unpaired) electrons. The van der Waals surface area contributed by atoms with Crippen molar-refractivity contribution in [3.05, 3.63) is 59.4 Å².